The molecule has 0 saturated carbocycles. The molecule has 3 nitrogen and oxygen atoms in total. The van der Waals surface area contributed by atoms with Gasteiger partial charge < -0.3 is 15.1 Å². The number of rotatable bonds is 19. The Morgan fingerprint density at radius 2 is 1.39 bits per heavy atom. The van der Waals surface area contributed by atoms with Crippen molar-refractivity contribution in [2.24, 2.45) is 11.1 Å². The van der Waals surface area contributed by atoms with E-state index in [-0.39, 0.29) is 0 Å². The molecule has 0 aliphatic carbocycles. The van der Waals surface area contributed by atoms with E-state index in [1.165, 1.54) is 109 Å². The lowest BCUT2D eigenvalue weighted by Gasteiger charge is -2.44. The predicted molar refractivity (Wildman–Crippen MR) is 151 cm³/mol. The number of piperidine rings is 1. The summed E-state index contributed by atoms with van der Waals surface area (Å²) in [5.41, 5.74) is 6.40. The van der Waals surface area contributed by atoms with Gasteiger partial charge in [0.15, 0.2) is 8.32 Å². The monoisotopic (exact) mass is 482 g/mol. The molecule has 1 atom stereocenters. The highest BCUT2D eigenvalue weighted by molar-refractivity contribution is 6.74. The molecule has 33 heavy (non-hydrogen) atoms. The van der Waals surface area contributed by atoms with E-state index in [4.69, 9.17) is 10.2 Å². The first-order chi connectivity index (χ1) is 15.6. The van der Waals surface area contributed by atoms with Gasteiger partial charge in [0, 0.05) is 6.54 Å². The van der Waals surface area contributed by atoms with Crippen molar-refractivity contribution in [3.8, 4) is 0 Å². The van der Waals surface area contributed by atoms with Crippen LogP contribution < -0.4 is 5.73 Å². The van der Waals surface area contributed by atoms with Crippen LogP contribution in [0.3, 0.4) is 0 Å². The smallest absolute Gasteiger partial charge is 0.192 e. The number of hydrogen-bond donors (Lipinski definition) is 1. The van der Waals surface area contributed by atoms with Crippen LogP contribution in [-0.2, 0) is 4.43 Å². The molecule has 2 N–H and O–H groups in total. The van der Waals surface area contributed by atoms with Crippen LogP contribution in [0.4, 0.5) is 0 Å². The average Bonchev–Trinajstić information content (AvgIpc) is 2.76. The Kier molecular flexibility index (Phi) is 15.1. The van der Waals surface area contributed by atoms with E-state index >= 15 is 0 Å². The molecule has 0 radical (unpaired) electrons. The summed E-state index contributed by atoms with van der Waals surface area (Å²) in [7, 11) is -1.78. The minimum absolute atomic E-state index is 0.331. The SMILES string of the molecule is CCCCCCCCCCCCC(CN1CCC(C)(CN)CC1)O[Si](C)(C)C(C)(C)CCC. The van der Waals surface area contributed by atoms with Gasteiger partial charge >= 0.3 is 0 Å². The van der Waals surface area contributed by atoms with Crippen molar-refractivity contribution in [2.75, 3.05) is 26.2 Å². The molecule has 0 spiro atoms. The Balaban J connectivity index is 2.51. The van der Waals surface area contributed by atoms with Gasteiger partial charge in [0.05, 0.1) is 6.10 Å². The lowest BCUT2D eigenvalue weighted by Crippen LogP contribution is -2.50. The quantitative estimate of drug-likeness (QED) is 0.148. The molecule has 0 amide bonds. The van der Waals surface area contributed by atoms with E-state index in [0.29, 0.717) is 16.6 Å². The summed E-state index contributed by atoms with van der Waals surface area (Å²) in [6, 6.07) is 0. The summed E-state index contributed by atoms with van der Waals surface area (Å²) in [5.74, 6) is 0. The first-order valence-electron chi connectivity index (χ1n) is 14.7. The highest BCUT2D eigenvalue weighted by atomic mass is 28.4. The molecule has 0 aromatic carbocycles. The van der Waals surface area contributed by atoms with Gasteiger partial charge in [0.1, 0.15) is 0 Å². The highest BCUT2D eigenvalue weighted by Crippen LogP contribution is 2.43. The molecular weight excluding hydrogens is 420 g/mol. The number of likely N-dealkylation sites (tertiary alicyclic amines) is 1. The molecule has 1 unspecified atom stereocenters. The summed E-state index contributed by atoms with van der Waals surface area (Å²) in [4.78, 5) is 2.68. The Morgan fingerprint density at radius 3 is 1.88 bits per heavy atom. The number of nitrogens with two attached hydrogens (primary N) is 1. The lowest BCUT2D eigenvalue weighted by molar-refractivity contribution is 0.0665. The second kappa shape index (κ2) is 16.0. The molecule has 4 heteroatoms. The number of unbranched alkanes of at least 4 members (excludes halogenated alkanes) is 9. The van der Waals surface area contributed by atoms with Crippen LogP contribution >= 0.6 is 0 Å². The standard InChI is InChI=1S/C29H62N2OSi/c1-8-10-11-12-13-14-15-16-17-18-19-27(32-33(6,7)28(3,4)20-9-2)25-31-23-21-29(5,26-30)22-24-31/h27H,8-26,30H2,1-7H3. The first-order valence-corrected chi connectivity index (χ1v) is 17.6. The fourth-order valence-electron chi connectivity index (χ4n) is 5.32. The van der Waals surface area contributed by atoms with E-state index in [9.17, 15) is 0 Å². The van der Waals surface area contributed by atoms with Crippen molar-refractivity contribution < 1.29 is 4.43 Å². The van der Waals surface area contributed by atoms with E-state index in [1.807, 2.05) is 0 Å². The number of nitrogens with zero attached hydrogens (tertiary/aromatic N) is 1. The van der Waals surface area contributed by atoms with E-state index in [1.54, 1.807) is 0 Å². The Hall–Kier alpha value is 0.0969. The van der Waals surface area contributed by atoms with Crippen molar-refractivity contribution in [1.82, 2.24) is 4.90 Å². The average molecular weight is 483 g/mol. The minimum atomic E-state index is -1.78. The van der Waals surface area contributed by atoms with Crippen molar-refractivity contribution in [3.05, 3.63) is 0 Å². The van der Waals surface area contributed by atoms with Gasteiger partial charge in [-0.1, -0.05) is 105 Å². The van der Waals surface area contributed by atoms with Crippen LogP contribution in [-0.4, -0.2) is 45.5 Å². The Labute approximate surface area is 210 Å². The second-order valence-corrected chi connectivity index (χ2v) is 17.3. The van der Waals surface area contributed by atoms with E-state index in [0.717, 1.165) is 13.1 Å². The van der Waals surface area contributed by atoms with E-state index in [2.05, 4.69) is 52.6 Å². The van der Waals surface area contributed by atoms with Gasteiger partial charge in [-0.15, -0.1) is 0 Å². The van der Waals surface area contributed by atoms with Crippen LogP contribution in [0.5, 0.6) is 0 Å². The molecule has 0 bridgehead atoms. The molecular formula is C29H62N2OSi. The fourth-order valence-corrected chi connectivity index (χ4v) is 7.51. The molecule has 1 rings (SSSR count). The Morgan fingerprint density at radius 1 is 0.879 bits per heavy atom. The maximum atomic E-state index is 7.09. The summed E-state index contributed by atoms with van der Waals surface area (Å²) >= 11 is 0. The third kappa shape index (κ3) is 12.1. The van der Waals surface area contributed by atoms with Crippen molar-refractivity contribution in [1.29, 1.82) is 0 Å². The molecule has 1 aliphatic rings. The molecule has 1 aliphatic heterocycles. The second-order valence-electron chi connectivity index (χ2n) is 12.7. The highest BCUT2D eigenvalue weighted by Gasteiger charge is 2.42. The molecule has 1 fully saturated rings. The molecule has 0 aromatic rings. The first kappa shape index (κ1) is 31.1. The summed E-state index contributed by atoms with van der Waals surface area (Å²) in [5, 5.41) is 0.331. The predicted octanol–water partition coefficient (Wildman–Crippen LogP) is 8.53. The van der Waals surface area contributed by atoms with Gasteiger partial charge in [-0.2, -0.15) is 0 Å². The van der Waals surface area contributed by atoms with Crippen LogP contribution in [0.25, 0.3) is 0 Å². The minimum Gasteiger partial charge on any atom is -0.413 e. The summed E-state index contributed by atoms with van der Waals surface area (Å²) in [6.45, 7) is 21.1. The fraction of sp³-hybridized carbons (Fsp3) is 1.00. The van der Waals surface area contributed by atoms with Gasteiger partial charge in [-0.25, -0.2) is 0 Å². The number of hydrogen-bond acceptors (Lipinski definition) is 3. The maximum absolute atomic E-state index is 7.09. The van der Waals surface area contributed by atoms with Gasteiger partial charge in [0.25, 0.3) is 0 Å². The summed E-state index contributed by atoms with van der Waals surface area (Å²) < 4.78 is 7.09. The third-order valence-electron chi connectivity index (χ3n) is 8.86. The van der Waals surface area contributed by atoms with Crippen molar-refractivity contribution >= 4 is 8.32 Å². The van der Waals surface area contributed by atoms with E-state index < -0.39 is 8.32 Å². The van der Waals surface area contributed by atoms with Crippen LogP contribution in [0, 0.1) is 5.41 Å². The third-order valence-corrected chi connectivity index (χ3v) is 13.3. The zero-order valence-corrected chi connectivity index (χ0v) is 24.9. The maximum Gasteiger partial charge on any atom is 0.192 e. The normalized spacial score (nSPS) is 18.5. The summed E-state index contributed by atoms with van der Waals surface area (Å²) in [6.07, 6.45) is 20.7. The molecule has 0 aromatic heterocycles. The lowest BCUT2D eigenvalue weighted by atomic mass is 9.80. The zero-order chi connectivity index (χ0) is 24.8. The Bertz CT molecular complexity index is 486. The van der Waals surface area contributed by atoms with Crippen LogP contribution in [0.15, 0.2) is 0 Å². The molecule has 1 heterocycles. The van der Waals surface area contributed by atoms with Gasteiger partial charge in [0.2, 0.25) is 0 Å². The topological polar surface area (TPSA) is 38.5 Å². The zero-order valence-electron chi connectivity index (χ0n) is 23.9. The van der Waals surface area contributed by atoms with Gasteiger partial charge in [-0.05, 0) is 68.9 Å². The largest absolute Gasteiger partial charge is 0.413 e. The molecule has 198 valence electrons. The van der Waals surface area contributed by atoms with Crippen LogP contribution in [0.1, 0.15) is 131 Å². The van der Waals surface area contributed by atoms with Gasteiger partial charge in [-0.3, -0.25) is 0 Å². The molecule has 1 saturated heterocycles. The van der Waals surface area contributed by atoms with Crippen molar-refractivity contribution in [3.63, 3.8) is 0 Å². The van der Waals surface area contributed by atoms with Crippen molar-refractivity contribution in [2.45, 2.75) is 155 Å². The van der Waals surface area contributed by atoms with Crippen LogP contribution in [0.2, 0.25) is 18.1 Å².